The minimum atomic E-state index is -1.36. The number of hydrogen-bond acceptors (Lipinski definition) is 4. The quantitative estimate of drug-likeness (QED) is 0.223. The molecule has 3 aliphatic heterocycles. The number of anilines is 2. The van der Waals surface area contributed by atoms with Gasteiger partial charge in [-0.1, -0.05) is 98.1 Å². The van der Waals surface area contributed by atoms with Crippen LogP contribution in [0.4, 0.5) is 11.4 Å². The summed E-state index contributed by atoms with van der Waals surface area (Å²) < 4.78 is 1.66. The molecule has 3 aliphatic rings. The first-order valence-corrected chi connectivity index (χ1v) is 15.0. The third-order valence-corrected chi connectivity index (χ3v) is 9.70. The van der Waals surface area contributed by atoms with E-state index in [4.69, 9.17) is 11.6 Å². The van der Waals surface area contributed by atoms with Crippen molar-refractivity contribution < 1.29 is 14.4 Å². The van der Waals surface area contributed by atoms with Gasteiger partial charge in [-0.05, 0) is 59.7 Å². The van der Waals surface area contributed by atoms with Crippen molar-refractivity contribution in [3.63, 3.8) is 0 Å². The Morgan fingerprint density at radius 3 is 2.15 bits per heavy atom. The van der Waals surface area contributed by atoms with Crippen LogP contribution in [0.5, 0.6) is 0 Å². The molecule has 4 aromatic rings. The number of Topliss-reactive ketones (excluding diaryl/α,β-unsaturated/α-hetero) is 2. The molecule has 3 heterocycles. The van der Waals surface area contributed by atoms with Gasteiger partial charge in [-0.2, -0.15) is 0 Å². The lowest BCUT2D eigenvalue weighted by molar-refractivity contribution is -0.121. The Labute approximate surface area is 258 Å². The summed E-state index contributed by atoms with van der Waals surface area (Å²) in [4.78, 5) is 45.7. The molecular weight excluding hydrogens is 668 g/mol. The van der Waals surface area contributed by atoms with Crippen LogP contribution in [0.2, 0.25) is 5.02 Å². The van der Waals surface area contributed by atoms with Gasteiger partial charge in [0.2, 0.25) is 5.91 Å². The average Bonchev–Trinajstić information content (AvgIpc) is 3.45. The van der Waals surface area contributed by atoms with E-state index in [-0.39, 0.29) is 17.5 Å². The van der Waals surface area contributed by atoms with Crippen molar-refractivity contribution >= 4 is 78.4 Å². The van der Waals surface area contributed by atoms with Crippen molar-refractivity contribution in [3.8, 4) is 0 Å². The van der Waals surface area contributed by atoms with Crippen LogP contribution in [-0.2, 0) is 10.2 Å². The third-order valence-electron chi connectivity index (χ3n) is 8.40. The Bertz CT molecular complexity index is 1790. The fourth-order valence-corrected chi connectivity index (χ4v) is 7.44. The number of carbonyl (C=O) groups excluding carboxylic acids is 3. The normalized spacial score (nSPS) is 23.6. The number of benzene rings is 4. The molecule has 7 rings (SSSR count). The minimum absolute atomic E-state index is 0.233. The summed E-state index contributed by atoms with van der Waals surface area (Å²) in [6.45, 7) is 0. The zero-order chi connectivity index (χ0) is 28.5. The largest absolute Gasteiger partial charge is 0.352 e. The number of nitrogens with zero attached hydrogens (tertiary/aromatic N) is 1. The molecule has 0 aliphatic carbocycles. The molecule has 1 amide bonds. The number of rotatable bonds is 4. The van der Waals surface area contributed by atoms with E-state index in [1.165, 1.54) is 0 Å². The maximum Gasteiger partial charge on any atom is 0.238 e. The van der Waals surface area contributed by atoms with Crippen molar-refractivity contribution in [2.45, 2.75) is 17.5 Å². The number of nitrogens with one attached hydrogen (secondary N) is 1. The molecule has 1 saturated heterocycles. The maximum atomic E-state index is 14.8. The van der Waals surface area contributed by atoms with Gasteiger partial charge in [0.25, 0.3) is 0 Å². The number of halogens is 3. The zero-order valence-electron chi connectivity index (χ0n) is 21.4. The fourth-order valence-electron chi connectivity index (χ4n) is 6.73. The van der Waals surface area contributed by atoms with Gasteiger partial charge in [-0.15, -0.1) is 0 Å². The molecule has 1 spiro atoms. The molecule has 202 valence electrons. The fraction of sp³-hybridized carbons (Fsp3) is 0.121. The summed E-state index contributed by atoms with van der Waals surface area (Å²) in [5.74, 6) is -1.82. The van der Waals surface area contributed by atoms with Gasteiger partial charge in [-0.3, -0.25) is 14.4 Å². The number of para-hydroxylation sites is 1. The Hall–Kier alpha value is -3.52. The van der Waals surface area contributed by atoms with Gasteiger partial charge in [-0.25, -0.2) is 0 Å². The highest BCUT2D eigenvalue weighted by Crippen LogP contribution is 2.58. The van der Waals surface area contributed by atoms with Crippen LogP contribution in [0.3, 0.4) is 0 Å². The first kappa shape index (κ1) is 26.4. The van der Waals surface area contributed by atoms with Gasteiger partial charge < -0.3 is 10.2 Å². The van der Waals surface area contributed by atoms with Gasteiger partial charge in [0.05, 0.1) is 12.0 Å². The van der Waals surface area contributed by atoms with Crippen LogP contribution in [0.15, 0.2) is 106 Å². The monoisotopic (exact) mass is 686 g/mol. The molecule has 1 N–H and O–H groups in total. The topological polar surface area (TPSA) is 66.5 Å². The van der Waals surface area contributed by atoms with Gasteiger partial charge in [0.1, 0.15) is 11.5 Å². The van der Waals surface area contributed by atoms with Crippen molar-refractivity contribution in [1.82, 2.24) is 0 Å². The van der Waals surface area contributed by atoms with Crippen LogP contribution < -0.4 is 10.2 Å². The predicted molar refractivity (Wildman–Crippen MR) is 168 cm³/mol. The molecule has 0 saturated carbocycles. The molecular formula is C33H21Br2ClN2O3. The molecule has 4 aromatic carbocycles. The summed E-state index contributed by atoms with van der Waals surface area (Å²) in [5.41, 5.74) is 2.47. The van der Waals surface area contributed by atoms with Crippen molar-refractivity contribution in [2.24, 2.45) is 5.92 Å². The van der Waals surface area contributed by atoms with E-state index < -0.39 is 23.4 Å². The number of carbonyl (C=O) groups is 3. The predicted octanol–water partition coefficient (Wildman–Crippen LogP) is 7.72. The van der Waals surface area contributed by atoms with E-state index in [1.54, 1.807) is 42.5 Å². The first-order chi connectivity index (χ1) is 19.8. The summed E-state index contributed by atoms with van der Waals surface area (Å²) in [7, 11) is 0. The van der Waals surface area contributed by atoms with E-state index in [2.05, 4.69) is 37.2 Å². The Morgan fingerprint density at radius 1 is 0.829 bits per heavy atom. The van der Waals surface area contributed by atoms with E-state index in [0.29, 0.717) is 27.4 Å². The summed E-state index contributed by atoms with van der Waals surface area (Å²) >= 11 is 13.3. The molecule has 41 heavy (non-hydrogen) atoms. The second-order valence-electron chi connectivity index (χ2n) is 10.4. The highest BCUT2D eigenvalue weighted by atomic mass is 79.9. The lowest BCUT2D eigenvalue weighted by atomic mass is 9.64. The second kappa shape index (κ2) is 9.79. The lowest BCUT2D eigenvalue weighted by Crippen LogP contribution is -2.51. The van der Waals surface area contributed by atoms with E-state index >= 15 is 0 Å². The van der Waals surface area contributed by atoms with Gasteiger partial charge in [0.15, 0.2) is 11.6 Å². The van der Waals surface area contributed by atoms with E-state index in [9.17, 15) is 14.4 Å². The lowest BCUT2D eigenvalue weighted by Gasteiger charge is -2.37. The number of amides is 1. The van der Waals surface area contributed by atoms with E-state index in [0.717, 1.165) is 20.2 Å². The highest BCUT2D eigenvalue weighted by molar-refractivity contribution is 9.10. The van der Waals surface area contributed by atoms with Crippen LogP contribution >= 0.6 is 43.5 Å². The first-order valence-electron chi connectivity index (χ1n) is 13.1. The summed E-state index contributed by atoms with van der Waals surface area (Å²) in [6, 6.07) is 25.6. The Kier molecular flexibility index (Phi) is 6.30. The molecule has 0 unspecified atom stereocenters. The molecule has 8 heteroatoms. The van der Waals surface area contributed by atoms with Crippen LogP contribution in [0.1, 0.15) is 31.8 Å². The number of fused-ring (bicyclic) bond motifs is 6. The van der Waals surface area contributed by atoms with Gasteiger partial charge in [0, 0.05) is 36.5 Å². The minimum Gasteiger partial charge on any atom is -0.352 e. The summed E-state index contributed by atoms with van der Waals surface area (Å²) in [6.07, 6.45) is 3.88. The number of ketones is 2. The third kappa shape index (κ3) is 3.90. The molecule has 0 aromatic heterocycles. The Morgan fingerprint density at radius 2 is 1.46 bits per heavy atom. The summed E-state index contributed by atoms with van der Waals surface area (Å²) in [5, 5.41) is 3.61. The second-order valence-corrected chi connectivity index (χ2v) is 12.7. The molecule has 1 fully saturated rings. The molecule has 4 atom stereocenters. The van der Waals surface area contributed by atoms with Crippen LogP contribution in [0, 0.1) is 5.92 Å². The highest BCUT2D eigenvalue weighted by Gasteiger charge is 2.70. The van der Waals surface area contributed by atoms with Crippen molar-refractivity contribution in [3.05, 3.63) is 133 Å². The average molecular weight is 689 g/mol. The maximum absolute atomic E-state index is 14.8. The Balaban J connectivity index is 1.53. The van der Waals surface area contributed by atoms with Crippen molar-refractivity contribution in [1.29, 1.82) is 0 Å². The van der Waals surface area contributed by atoms with Crippen LogP contribution in [-0.4, -0.2) is 29.6 Å². The zero-order valence-corrected chi connectivity index (χ0v) is 25.3. The van der Waals surface area contributed by atoms with Crippen molar-refractivity contribution in [2.75, 3.05) is 10.2 Å². The smallest absolute Gasteiger partial charge is 0.238 e. The standard InChI is InChI=1S/C33H21Br2ClN2O3/c34-21-10-5-18(6-11-21)30(39)28-29(31(40)19-7-12-22(35)13-8-19)38-26-15-14-23(36)17-20(26)9-16-27(38)33(28)24-3-1-2-4-25(24)37-32(33)41/h1-17,27-29H,(H,37,41)/t27-,28-,29+,33+/m1/s1. The van der Waals surface area contributed by atoms with Crippen LogP contribution in [0.25, 0.3) is 6.08 Å². The molecule has 0 radical (unpaired) electrons. The molecule has 0 bridgehead atoms. The SMILES string of the molecule is O=C(c1ccc(Br)cc1)[C@@H]1[C@H](C(=O)c2ccc(Br)cc2)[C@@]2(C(=O)Nc3ccccc32)[C@H]2C=Cc3cc(Cl)ccc3N12. The van der Waals surface area contributed by atoms with E-state index in [1.807, 2.05) is 65.6 Å². The number of hydrogen-bond donors (Lipinski definition) is 1. The molecule has 5 nitrogen and oxygen atoms in total. The van der Waals surface area contributed by atoms with Gasteiger partial charge >= 0.3 is 0 Å².